The van der Waals surface area contributed by atoms with Gasteiger partial charge in [-0.3, -0.25) is 14.4 Å². The van der Waals surface area contributed by atoms with Crippen molar-refractivity contribution in [2.24, 2.45) is 17.8 Å². The number of nitrogens with one attached hydrogen (secondary N) is 6. The molecule has 14 nitrogen and oxygen atoms in total. The lowest BCUT2D eigenvalue weighted by atomic mass is 9.83. The molecule has 4 aliphatic rings. The molecule has 10 rings (SSSR count). The van der Waals surface area contributed by atoms with Gasteiger partial charge in [-0.15, -0.1) is 11.3 Å². The minimum atomic E-state index is -4.42. The number of aryl methyl sites for hydroxylation is 2. The molecular formula is C56H63F3N10O4S. The molecule has 5 heterocycles. The molecule has 388 valence electrons. The van der Waals surface area contributed by atoms with Crippen molar-refractivity contribution in [3.05, 3.63) is 112 Å². The molecule has 3 atom stereocenters. The summed E-state index contributed by atoms with van der Waals surface area (Å²) in [4.78, 5) is 47.9. The van der Waals surface area contributed by atoms with Gasteiger partial charge in [-0.05, 0) is 161 Å². The second-order valence-corrected chi connectivity index (χ2v) is 21.1. The largest absolute Gasteiger partial charge is 0.406 e. The summed E-state index contributed by atoms with van der Waals surface area (Å²) in [5.41, 5.74) is 14.3. The lowest BCUT2D eigenvalue weighted by Gasteiger charge is -2.39. The van der Waals surface area contributed by atoms with Crippen LogP contribution in [-0.4, -0.2) is 105 Å². The minimum absolute atomic E-state index is 0.0243. The van der Waals surface area contributed by atoms with Crippen molar-refractivity contribution in [3.8, 4) is 11.8 Å². The SMILES string of the molecule is Cc1ccc2c(N)c(C(=O)NC3CCc4cc(N5CC6CCC(C5)C6C(=O)NCCOCCNC(=O)c5ccc(NCC#Cc6cc7c(NC8CCNCC8)cccc7n6CC(F)(F)F)cc5)ccc4C3)sc2n1. The fraction of sp³-hybridized carbons (Fsp3) is 0.429. The van der Waals surface area contributed by atoms with Crippen molar-refractivity contribution in [1.29, 1.82) is 0 Å². The third kappa shape index (κ3) is 11.8. The fourth-order valence-electron chi connectivity index (χ4n) is 11.3. The number of nitrogens with two attached hydrogens (primary N) is 1. The molecule has 3 fully saturated rings. The number of halogens is 3. The van der Waals surface area contributed by atoms with Crippen molar-refractivity contribution in [1.82, 2.24) is 30.8 Å². The zero-order chi connectivity index (χ0) is 51.3. The number of rotatable bonds is 16. The molecule has 0 radical (unpaired) electrons. The third-order valence-electron chi connectivity index (χ3n) is 15.0. The van der Waals surface area contributed by atoms with Gasteiger partial charge in [0, 0.05) is 83.3 Å². The first-order chi connectivity index (χ1) is 35.8. The molecule has 0 spiro atoms. The summed E-state index contributed by atoms with van der Waals surface area (Å²) >= 11 is 1.34. The van der Waals surface area contributed by atoms with Crippen LogP contribution in [0.4, 0.5) is 35.9 Å². The van der Waals surface area contributed by atoms with Crippen LogP contribution >= 0.6 is 11.3 Å². The van der Waals surface area contributed by atoms with E-state index in [1.807, 2.05) is 25.1 Å². The maximum absolute atomic E-state index is 13.7. The molecule has 3 amide bonds. The van der Waals surface area contributed by atoms with Gasteiger partial charge in [0.05, 0.1) is 36.7 Å². The highest BCUT2D eigenvalue weighted by atomic mass is 32.1. The van der Waals surface area contributed by atoms with Crippen molar-refractivity contribution in [3.63, 3.8) is 0 Å². The molecule has 2 saturated heterocycles. The quantitative estimate of drug-likeness (QED) is 0.0377. The van der Waals surface area contributed by atoms with Crippen LogP contribution in [0.2, 0.25) is 0 Å². The number of carbonyl (C=O) groups excluding carboxylic acids is 3. The summed E-state index contributed by atoms with van der Waals surface area (Å²) in [6.45, 7) is 5.74. The zero-order valence-electron chi connectivity index (χ0n) is 41.5. The van der Waals surface area contributed by atoms with Crippen molar-refractivity contribution in [2.75, 3.05) is 80.3 Å². The highest BCUT2D eigenvalue weighted by Crippen LogP contribution is 2.44. The van der Waals surface area contributed by atoms with Crippen molar-refractivity contribution >= 4 is 72.9 Å². The Morgan fingerprint density at radius 2 is 1.64 bits per heavy atom. The molecule has 3 aromatic carbocycles. The zero-order valence-corrected chi connectivity index (χ0v) is 42.3. The number of pyridine rings is 1. The average Bonchev–Trinajstić information content (AvgIpc) is 4.01. The maximum atomic E-state index is 13.7. The van der Waals surface area contributed by atoms with Gasteiger partial charge in [0.1, 0.15) is 16.3 Å². The van der Waals surface area contributed by atoms with Gasteiger partial charge in [0.25, 0.3) is 11.8 Å². The first-order valence-electron chi connectivity index (χ1n) is 25.8. The molecule has 2 aliphatic carbocycles. The van der Waals surface area contributed by atoms with E-state index in [0.29, 0.717) is 52.4 Å². The Labute approximate surface area is 432 Å². The molecule has 3 aromatic heterocycles. The van der Waals surface area contributed by atoms with Gasteiger partial charge in [-0.25, -0.2) is 4.98 Å². The average molecular weight is 1030 g/mol. The fourth-order valence-corrected chi connectivity index (χ4v) is 12.3. The first-order valence-corrected chi connectivity index (χ1v) is 26.6. The Morgan fingerprint density at radius 1 is 0.865 bits per heavy atom. The number of nitrogens with zero attached hydrogens (tertiary/aromatic N) is 3. The number of ether oxygens (including phenoxy) is 1. The van der Waals surface area contributed by atoms with Crippen LogP contribution in [0, 0.1) is 36.5 Å². The van der Waals surface area contributed by atoms with Crippen LogP contribution < -0.4 is 42.5 Å². The van der Waals surface area contributed by atoms with Crippen LogP contribution in [-0.2, 0) is 28.9 Å². The van der Waals surface area contributed by atoms with E-state index in [-0.39, 0.29) is 66.4 Å². The predicted molar refractivity (Wildman–Crippen MR) is 286 cm³/mol. The number of carbonyl (C=O) groups is 3. The first kappa shape index (κ1) is 50.7. The van der Waals surface area contributed by atoms with Crippen LogP contribution in [0.5, 0.6) is 0 Å². The van der Waals surface area contributed by atoms with Gasteiger partial charge >= 0.3 is 6.18 Å². The molecule has 8 N–H and O–H groups in total. The van der Waals surface area contributed by atoms with Crippen LogP contribution in [0.25, 0.3) is 21.1 Å². The second kappa shape index (κ2) is 22.3. The molecule has 1 saturated carbocycles. The predicted octanol–water partition coefficient (Wildman–Crippen LogP) is 7.64. The monoisotopic (exact) mass is 1030 g/mol. The minimum Gasteiger partial charge on any atom is -0.397 e. The number of nitrogen functional groups attached to an aromatic ring is 1. The molecule has 2 bridgehead atoms. The summed E-state index contributed by atoms with van der Waals surface area (Å²) in [6.07, 6.45) is 1.99. The Hall–Kier alpha value is -6.81. The topological polar surface area (TPSA) is 180 Å². The lowest BCUT2D eigenvalue weighted by molar-refractivity contribution is -0.140. The molecule has 18 heteroatoms. The number of piperidine rings is 2. The maximum Gasteiger partial charge on any atom is 0.406 e. The standard InChI is InChI=1S/C56H63F3N10O4S/c1-34-7-18-45-50(60)51(74-55(45)65-34)54(72)67-42-16-12-37-29-43(17-13-36(37)28-42)68-31-38-8-9-39(32-68)49(38)53(71)64-25-27-73-26-24-63-52(70)35-10-14-40(15-11-35)62-21-3-4-44-30-46-47(66-41-19-22-61-23-20-41)5-2-6-48(46)69(44)33-56(57,58)59/h2,5-7,10-11,13-15,17-18,29-30,38-39,41-42,49,61-62,66H,8-9,12,16,19-28,31-33,60H2,1H3,(H,63,70)(H,64,71)(H,67,72). The number of fused-ring (bicyclic) bond motifs is 5. The summed E-state index contributed by atoms with van der Waals surface area (Å²) < 4.78 is 48.1. The number of benzene rings is 3. The van der Waals surface area contributed by atoms with Gasteiger partial charge in [-0.1, -0.05) is 18.1 Å². The Bertz CT molecular complexity index is 3070. The Morgan fingerprint density at radius 3 is 2.41 bits per heavy atom. The Balaban J connectivity index is 0.624. The van der Waals surface area contributed by atoms with Gasteiger partial charge in [0.2, 0.25) is 5.91 Å². The van der Waals surface area contributed by atoms with Crippen LogP contribution in [0.15, 0.2) is 78.9 Å². The van der Waals surface area contributed by atoms with E-state index in [1.165, 1.54) is 32.7 Å². The summed E-state index contributed by atoms with van der Waals surface area (Å²) in [5, 5.41) is 20.8. The summed E-state index contributed by atoms with van der Waals surface area (Å²) in [7, 11) is 0. The lowest BCUT2D eigenvalue weighted by Crippen LogP contribution is -2.48. The third-order valence-corrected chi connectivity index (χ3v) is 16.1. The molecule has 2 aliphatic heterocycles. The highest BCUT2D eigenvalue weighted by molar-refractivity contribution is 7.21. The van der Waals surface area contributed by atoms with E-state index >= 15 is 0 Å². The van der Waals surface area contributed by atoms with E-state index in [1.54, 1.807) is 42.5 Å². The second-order valence-electron chi connectivity index (χ2n) is 20.1. The number of alkyl halides is 3. The number of amides is 3. The molecule has 74 heavy (non-hydrogen) atoms. The van der Waals surface area contributed by atoms with Crippen molar-refractivity contribution in [2.45, 2.75) is 76.7 Å². The van der Waals surface area contributed by atoms with Crippen molar-refractivity contribution < 1.29 is 32.3 Å². The number of aromatic nitrogens is 2. The van der Waals surface area contributed by atoms with E-state index in [2.05, 4.69) is 71.8 Å². The number of anilines is 4. The molecular weight excluding hydrogens is 966 g/mol. The van der Waals surface area contributed by atoms with Crippen LogP contribution in [0.1, 0.15) is 74.6 Å². The van der Waals surface area contributed by atoms with E-state index in [0.717, 1.165) is 92.7 Å². The Kier molecular flexibility index (Phi) is 15.3. The number of thiophene rings is 1. The number of hydrogen-bond acceptors (Lipinski definition) is 11. The van der Waals surface area contributed by atoms with E-state index in [4.69, 9.17) is 10.5 Å². The summed E-state index contributed by atoms with van der Waals surface area (Å²) in [6, 6.07) is 24.8. The normalized spacial score (nSPS) is 19.6. The van der Waals surface area contributed by atoms with Gasteiger partial charge < -0.3 is 51.8 Å². The number of hydrogen-bond donors (Lipinski definition) is 7. The molecule has 3 unspecified atom stereocenters. The highest BCUT2D eigenvalue weighted by Gasteiger charge is 2.46. The smallest absolute Gasteiger partial charge is 0.397 e. The van der Waals surface area contributed by atoms with Gasteiger partial charge in [-0.2, -0.15) is 13.2 Å². The van der Waals surface area contributed by atoms with Gasteiger partial charge in [0.15, 0.2) is 0 Å². The van der Waals surface area contributed by atoms with E-state index < -0.39 is 12.7 Å². The molecule has 6 aromatic rings. The van der Waals surface area contributed by atoms with Crippen LogP contribution in [0.3, 0.4) is 0 Å². The summed E-state index contributed by atoms with van der Waals surface area (Å²) in [5.74, 6) is 6.14. The van der Waals surface area contributed by atoms with E-state index in [9.17, 15) is 27.6 Å².